The number of furan rings is 2. The van der Waals surface area contributed by atoms with Crippen LogP contribution in [0.4, 0.5) is 17.1 Å². The van der Waals surface area contributed by atoms with E-state index in [1.165, 1.54) is 44.3 Å². The molecule has 3 heteroatoms. The first kappa shape index (κ1) is 38.6. The van der Waals surface area contributed by atoms with Crippen molar-refractivity contribution in [1.29, 1.82) is 0 Å². The van der Waals surface area contributed by atoms with Crippen molar-refractivity contribution in [1.82, 2.24) is 0 Å². The molecule has 14 rings (SSSR count). The molecule has 2 aromatic heterocycles. The van der Waals surface area contributed by atoms with Crippen LogP contribution in [0.2, 0.25) is 0 Å². The molecule has 3 nitrogen and oxygen atoms in total. The molecule has 320 valence electrons. The van der Waals surface area contributed by atoms with Crippen molar-refractivity contribution in [2.24, 2.45) is 0 Å². The second-order valence-electron chi connectivity index (χ2n) is 18.4. The third kappa shape index (κ3) is 5.36. The summed E-state index contributed by atoms with van der Waals surface area (Å²) in [7, 11) is 0. The number of para-hydroxylation sites is 2. The average molecular weight is 870 g/mol. The number of hydrogen-bond donors (Lipinski definition) is 0. The Morgan fingerprint density at radius 1 is 0.471 bits per heavy atom. The van der Waals surface area contributed by atoms with Crippen molar-refractivity contribution in [2.45, 2.75) is 17.8 Å². The van der Waals surface area contributed by atoms with Gasteiger partial charge < -0.3 is 13.7 Å². The van der Waals surface area contributed by atoms with E-state index in [0.29, 0.717) is 0 Å². The maximum Gasteiger partial charge on any atom is 0.136 e. The van der Waals surface area contributed by atoms with Crippen molar-refractivity contribution in [3.8, 4) is 33.4 Å². The van der Waals surface area contributed by atoms with Gasteiger partial charge in [-0.2, -0.15) is 0 Å². The molecule has 0 N–H and O–H groups in total. The van der Waals surface area contributed by atoms with Crippen molar-refractivity contribution in [3.05, 3.63) is 259 Å². The van der Waals surface area contributed by atoms with E-state index in [2.05, 4.69) is 212 Å². The van der Waals surface area contributed by atoms with E-state index in [0.717, 1.165) is 95.0 Å². The molecule has 0 fully saturated rings. The van der Waals surface area contributed by atoms with E-state index in [1.54, 1.807) is 0 Å². The summed E-state index contributed by atoms with van der Waals surface area (Å²) in [5.41, 5.74) is 19.5. The van der Waals surface area contributed by atoms with Crippen molar-refractivity contribution >= 4 is 71.7 Å². The smallest absolute Gasteiger partial charge is 0.136 e. The number of anilines is 3. The van der Waals surface area contributed by atoms with Gasteiger partial charge in [0.1, 0.15) is 22.3 Å². The number of allylic oxidation sites excluding steroid dienone is 2. The van der Waals surface area contributed by atoms with E-state index in [9.17, 15) is 0 Å². The van der Waals surface area contributed by atoms with E-state index >= 15 is 0 Å². The molecule has 0 amide bonds. The number of benzene rings is 10. The number of hydrogen-bond acceptors (Lipinski definition) is 3. The first-order valence-electron chi connectivity index (χ1n) is 23.5. The summed E-state index contributed by atoms with van der Waals surface area (Å²) in [4.78, 5) is 2.48. The molecule has 0 aliphatic heterocycles. The minimum atomic E-state index is -0.527. The van der Waals surface area contributed by atoms with Crippen LogP contribution in [0.5, 0.6) is 0 Å². The Hall–Kier alpha value is -8.66. The summed E-state index contributed by atoms with van der Waals surface area (Å²) in [5, 5.41) is 6.80. The van der Waals surface area contributed by atoms with Gasteiger partial charge in [-0.05, 0) is 122 Å². The van der Waals surface area contributed by atoms with Gasteiger partial charge in [-0.1, -0.05) is 170 Å². The SMILES string of the molecule is C=CCC1C(=C)C2(c3ccccc3-c3c(N(c4ccc(-c5ccc6c(c5)oc5ccccc56)cc4)c4ccccc4-c4cccc5oc6cc7ccccc7cc6c45)cccc32)c2ccccc21. The van der Waals surface area contributed by atoms with E-state index in [1.807, 2.05) is 18.2 Å². The standard InChI is InChI=1S/C65H43NO2/c1-3-16-46-40(2)65(54-24-10-6-19-47(46)54)55-25-11-7-22-52(55)64-56(65)26-15-28-58(64)66(45-34-31-41(32-35-45)44-33-36-50-49-21-9-13-29-59(49)67-61(50)39-44)57-27-12-8-20-48(57)51-23-14-30-60-63(51)53-37-42-17-4-5-18-43(42)38-62(53)68-60/h3-15,17-39,46H,1-2,16H2. The van der Waals surface area contributed by atoms with Gasteiger partial charge in [-0.3, -0.25) is 0 Å². The maximum atomic E-state index is 6.67. The second kappa shape index (κ2) is 14.7. The first-order chi connectivity index (χ1) is 33.6. The van der Waals surface area contributed by atoms with Crippen LogP contribution in [0.3, 0.4) is 0 Å². The molecule has 10 aromatic carbocycles. The summed E-state index contributed by atoms with van der Waals surface area (Å²) < 4.78 is 13.0. The first-order valence-corrected chi connectivity index (χ1v) is 23.5. The molecule has 2 unspecified atom stereocenters. The summed E-state index contributed by atoms with van der Waals surface area (Å²) in [5.74, 6) is 0.150. The highest BCUT2D eigenvalue weighted by Crippen LogP contribution is 2.66. The van der Waals surface area contributed by atoms with E-state index < -0.39 is 5.41 Å². The van der Waals surface area contributed by atoms with Gasteiger partial charge in [0.15, 0.2) is 0 Å². The zero-order chi connectivity index (χ0) is 45.1. The van der Waals surface area contributed by atoms with Gasteiger partial charge in [0.2, 0.25) is 0 Å². The molecule has 2 heterocycles. The summed E-state index contributed by atoms with van der Waals surface area (Å²) in [6.07, 6.45) is 2.88. The maximum absolute atomic E-state index is 6.67. The van der Waals surface area contributed by atoms with Crippen molar-refractivity contribution < 1.29 is 8.83 Å². The van der Waals surface area contributed by atoms with Gasteiger partial charge in [-0.25, -0.2) is 0 Å². The van der Waals surface area contributed by atoms with Crippen LogP contribution >= 0.6 is 0 Å². The van der Waals surface area contributed by atoms with Crippen LogP contribution in [-0.2, 0) is 5.41 Å². The Balaban J connectivity index is 1.01. The van der Waals surface area contributed by atoms with Gasteiger partial charge in [-0.15, -0.1) is 6.58 Å². The molecule has 12 aromatic rings. The van der Waals surface area contributed by atoms with Gasteiger partial charge in [0, 0.05) is 44.3 Å². The number of nitrogens with zero attached hydrogens (tertiary/aromatic N) is 1. The minimum Gasteiger partial charge on any atom is -0.456 e. The van der Waals surface area contributed by atoms with Crippen LogP contribution in [0.1, 0.15) is 34.6 Å². The molecule has 0 saturated heterocycles. The van der Waals surface area contributed by atoms with Gasteiger partial charge in [0.05, 0.1) is 16.8 Å². The summed E-state index contributed by atoms with van der Waals surface area (Å²) in [6.45, 7) is 9.21. The Bertz CT molecular complexity index is 4070. The number of fused-ring (bicyclic) bond motifs is 14. The fourth-order valence-corrected chi connectivity index (χ4v) is 12.1. The molecule has 0 bridgehead atoms. The third-order valence-electron chi connectivity index (χ3n) is 15.0. The summed E-state index contributed by atoms with van der Waals surface area (Å²) in [6, 6.07) is 77.1. The molecule has 0 radical (unpaired) electrons. The predicted octanol–water partition coefficient (Wildman–Crippen LogP) is 18.0. The number of rotatable bonds is 7. The minimum absolute atomic E-state index is 0.150. The van der Waals surface area contributed by atoms with Crippen LogP contribution in [0.25, 0.3) is 88.0 Å². The van der Waals surface area contributed by atoms with Crippen LogP contribution in [-0.4, -0.2) is 0 Å². The van der Waals surface area contributed by atoms with E-state index in [4.69, 9.17) is 15.4 Å². The quantitative estimate of drug-likeness (QED) is 0.149. The topological polar surface area (TPSA) is 29.5 Å². The molecule has 2 aliphatic rings. The highest BCUT2D eigenvalue weighted by Gasteiger charge is 2.54. The predicted molar refractivity (Wildman–Crippen MR) is 283 cm³/mol. The third-order valence-corrected chi connectivity index (χ3v) is 15.0. The highest BCUT2D eigenvalue weighted by atomic mass is 16.3. The van der Waals surface area contributed by atoms with Crippen LogP contribution in [0.15, 0.2) is 246 Å². The fourth-order valence-electron chi connectivity index (χ4n) is 12.1. The normalized spacial score (nSPS) is 16.0. The average Bonchev–Trinajstić information content (AvgIpc) is 4.11. The lowest BCUT2D eigenvalue weighted by molar-refractivity contribution is 0.669. The lowest BCUT2D eigenvalue weighted by atomic mass is 9.70. The molecule has 2 atom stereocenters. The Morgan fingerprint density at radius 2 is 1.09 bits per heavy atom. The Kier molecular flexibility index (Phi) is 8.33. The molecular formula is C65H43NO2. The Labute approximate surface area is 394 Å². The van der Waals surface area contributed by atoms with Gasteiger partial charge >= 0.3 is 0 Å². The van der Waals surface area contributed by atoms with Crippen LogP contribution in [0, 0.1) is 0 Å². The van der Waals surface area contributed by atoms with Crippen molar-refractivity contribution in [2.75, 3.05) is 4.90 Å². The molecule has 0 saturated carbocycles. The highest BCUT2D eigenvalue weighted by molar-refractivity contribution is 6.17. The van der Waals surface area contributed by atoms with Crippen molar-refractivity contribution in [3.63, 3.8) is 0 Å². The monoisotopic (exact) mass is 869 g/mol. The molecule has 2 aliphatic carbocycles. The van der Waals surface area contributed by atoms with Crippen LogP contribution < -0.4 is 4.90 Å². The lowest BCUT2D eigenvalue weighted by Gasteiger charge is -2.33. The lowest BCUT2D eigenvalue weighted by Crippen LogP contribution is -2.26. The summed E-state index contributed by atoms with van der Waals surface area (Å²) >= 11 is 0. The van der Waals surface area contributed by atoms with Gasteiger partial charge in [0.25, 0.3) is 0 Å². The fraction of sp³-hybridized carbons (Fsp3) is 0.0462. The molecule has 68 heavy (non-hydrogen) atoms. The molecule has 1 spiro atoms. The van der Waals surface area contributed by atoms with E-state index in [-0.39, 0.29) is 5.92 Å². The zero-order valence-electron chi connectivity index (χ0n) is 37.2. The largest absolute Gasteiger partial charge is 0.456 e. The Morgan fingerprint density at radius 3 is 1.96 bits per heavy atom. The zero-order valence-corrected chi connectivity index (χ0v) is 37.2. The molecular weight excluding hydrogens is 827 g/mol. The second-order valence-corrected chi connectivity index (χ2v) is 18.4.